The molecule has 0 bridgehead atoms. The number of ether oxygens (including phenoxy) is 3. The first kappa shape index (κ1) is 15.3. The Hall–Kier alpha value is -1.63. The zero-order chi connectivity index (χ0) is 15.2. The quantitative estimate of drug-likeness (QED) is 0.723. The van der Waals surface area contributed by atoms with Crippen molar-refractivity contribution in [1.82, 2.24) is 4.90 Å². The van der Waals surface area contributed by atoms with Gasteiger partial charge in [0.05, 0.1) is 19.8 Å². The number of benzene rings is 1. The molecule has 120 valence electrons. The van der Waals surface area contributed by atoms with Gasteiger partial charge in [-0.25, -0.2) is 0 Å². The van der Waals surface area contributed by atoms with E-state index in [2.05, 4.69) is 4.90 Å². The Bertz CT molecular complexity index is 474. The third-order valence-electron chi connectivity index (χ3n) is 3.99. The minimum atomic E-state index is -0.465. The average Bonchev–Trinajstić information content (AvgIpc) is 3.05. The lowest BCUT2D eigenvalue weighted by Crippen LogP contribution is -2.38. The summed E-state index contributed by atoms with van der Waals surface area (Å²) in [6, 6.07) is 7.81. The fourth-order valence-corrected chi connectivity index (χ4v) is 2.73. The lowest BCUT2D eigenvalue weighted by atomic mass is 10.2. The van der Waals surface area contributed by atoms with Gasteiger partial charge in [0.2, 0.25) is 0 Å². The third kappa shape index (κ3) is 3.76. The van der Waals surface area contributed by atoms with Crippen LogP contribution >= 0.6 is 0 Å². The molecule has 0 aliphatic carbocycles. The summed E-state index contributed by atoms with van der Waals surface area (Å²) in [5.74, 6) is 0.847. The highest BCUT2D eigenvalue weighted by Crippen LogP contribution is 2.23. The lowest BCUT2D eigenvalue weighted by Gasteiger charge is -2.26. The van der Waals surface area contributed by atoms with Crippen LogP contribution in [0.25, 0.3) is 0 Å². The smallest absolute Gasteiger partial charge is 0.186 e. The standard InChI is InChI=1S/C16H22N2O4/c19-13-16-18(8-12-22-16)14-1-3-15(4-2-14)21-11-7-17-5-9-20-10-6-17/h1-4,13,16H,5-12H2. The second-order valence-corrected chi connectivity index (χ2v) is 5.39. The molecule has 22 heavy (non-hydrogen) atoms. The zero-order valence-electron chi connectivity index (χ0n) is 12.6. The average molecular weight is 306 g/mol. The molecule has 6 nitrogen and oxygen atoms in total. The van der Waals surface area contributed by atoms with E-state index in [0.717, 1.165) is 57.1 Å². The number of carbonyl (C=O) groups excluding carboxylic acids is 1. The van der Waals surface area contributed by atoms with Crippen LogP contribution in [0.4, 0.5) is 5.69 Å². The van der Waals surface area contributed by atoms with E-state index in [0.29, 0.717) is 13.2 Å². The third-order valence-corrected chi connectivity index (χ3v) is 3.99. The molecule has 6 heteroatoms. The van der Waals surface area contributed by atoms with Crippen LogP contribution in [0.5, 0.6) is 5.75 Å². The molecule has 1 atom stereocenters. The highest BCUT2D eigenvalue weighted by Gasteiger charge is 2.24. The number of aldehydes is 1. The monoisotopic (exact) mass is 306 g/mol. The van der Waals surface area contributed by atoms with Gasteiger partial charge in [-0.1, -0.05) is 0 Å². The van der Waals surface area contributed by atoms with Gasteiger partial charge in [0.1, 0.15) is 12.4 Å². The summed E-state index contributed by atoms with van der Waals surface area (Å²) in [6.07, 6.45) is 0.368. The number of anilines is 1. The Kier molecular flexibility index (Phi) is 5.26. The molecule has 2 fully saturated rings. The minimum Gasteiger partial charge on any atom is -0.492 e. The highest BCUT2D eigenvalue weighted by atomic mass is 16.5. The van der Waals surface area contributed by atoms with Crippen LogP contribution < -0.4 is 9.64 Å². The Balaban J connectivity index is 1.47. The second kappa shape index (κ2) is 7.58. The molecule has 0 amide bonds. The van der Waals surface area contributed by atoms with Gasteiger partial charge >= 0.3 is 0 Å². The van der Waals surface area contributed by atoms with Crippen molar-refractivity contribution in [2.75, 3.05) is 57.5 Å². The second-order valence-electron chi connectivity index (χ2n) is 5.39. The molecular formula is C16H22N2O4. The predicted octanol–water partition coefficient (Wildman–Crippen LogP) is 0.759. The lowest BCUT2D eigenvalue weighted by molar-refractivity contribution is -0.115. The normalized spacial score (nSPS) is 22.7. The van der Waals surface area contributed by atoms with E-state index < -0.39 is 6.23 Å². The summed E-state index contributed by atoms with van der Waals surface area (Å²) < 4.78 is 16.4. The van der Waals surface area contributed by atoms with Crippen LogP contribution in [0.15, 0.2) is 24.3 Å². The topological polar surface area (TPSA) is 51.2 Å². The van der Waals surface area contributed by atoms with Gasteiger partial charge in [0.25, 0.3) is 0 Å². The SMILES string of the molecule is O=CC1OCCN1c1ccc(OCCN2CCOCC2)cc1. The number of rotatable bonds is 6. The first-order valence-corrected chi connectivity index (χ1v) is 7.73. The fourth-order valence-electron chi connectivity index (χ4n) is 2.73. The molecule has 0 spiro atoms. The fraction of sp³-hybridized carbons (Fsp3) is 0.562. The molecule has 0 radical (unpaired) electrons. The van der Waals surface area contributed by atoms with E-state index in [1.807, 2.05) is 29.2 Å². The summed E-state index contributed by atoms with van der Waals surface area (Å²) in [5, 5.41) is 0. The Morgan fingerprint density at radius 3 is 2.64 bits per heavy atom. The number of carbonyl (C=O) groups is 1. The molecule has 0 saturated carbocycles. The van der Waals surface area contributed by atoms with E-state index in [1.165, 1.54) is 0 Å². The van der Waals surface area contributed by atoms with E-state index in [1.54, 1.807) is 0 Å². The molecule has 0 aromatic heterocycles. The molecule has 1 unspecified atom stereocenters. The van der Waals surface area contributed by atoms with Crippen molar-refractivity contribution in [3.05, 3.63) is 24.3 Å². The first-order chi connectivity index (χ1) is 10.9. The van der Waals surface area contributed by atoms with Crippen LogP contribution in [0.2, 0.25) is 0 Å². The van der Waals surface area contributed by atoms with Crippen LogP contribution in [0, 0.1) is 0 Å². The van der Waals surface area contributed by atoms with Crippen LogP contribution in [-0.2, 0) is 14.3 Å². The number of nitrogens with zero attached hydrogens (tertiary/aromatic N) is 2. The largest absolute Gasteiger partial charge is 0.492 e. The minimum absolute atomic E-state index is 0.465. The Morgan fingerprint density at radius 2 is 1.91 bits per heavy atom. The maximum Gasteiger partial charge on any atom is 0.186 e. The van der Waals surface area contributed by atoms with Gasteiger partial charge < -0.3 is 19.1 Å². The highest BCUT2D eigenvalue weighted by molar-refractivity contribution is 5.65. The van der Waals surface area contributed by atoms with Crippen LogP contribution in [-0.4, -0.2) is 70.0 Å². The summed E-state index contributed by atoms with van der Waals surface area (Å²) in [6.45, 7) is 6.48. The van der Waals surface area contributed by atoms with E-state index >= 15 is 0 Å². The van der Waals surface area contributed by atoms with Gasteiger partial charge in [0.15, 0.2) is 12.5 Å². The maximum absolute atomic E-state index is 10.9. The van der Waals surface area contributed by atoms with E-state index in [4.69, 9.17) is 14.2 Å². The van der Waals surface area contributed by atoms with Gasteiger partial charge in [0, 0.05) is 31.9 Å². The van der Waals surface area contributed by atoms with Crippen molar-refractivity contribution < 1.29 is 19.0 Å². The van der Waals surface area contributed by atoms with Crippen molar-refractivity contribution in [3.8, 4) is 5.75 Å². The van der Waals surface area contributed by atoms with Crippen molar-refractivity contribution >= 4 is 12.0 Å². The van der Waals surface area contributed by atoms with Crippen LogP contribution in [0.3, 0.4) is 0 Å². The molecule has 1 aromatic rings. The molecule has 3 rings (SSSR count). The molecule has 1 aromatic carbocycles. The number of hydrogen-bond acceptors (Lipinski definition) is 6. The first-order valence-electron chi connectivity index (χ1n) is 7.73. The van der Waals surface area contributed by atoms with Crippen molar-refractivity contribution in [1.29, 1.82) is 0 Å². The summed E-state index contributed by atoms with van der Waals surface area (Å²) >= 11 is 0. The van der Waals surface area contributed by atoms with Gasteiger partial charge in [-0.3, -0.25) is 9.69 Å². The Labute approximate surface area is 130 Å². The Morgan fingerprint density at radius 1 is 1.14 bits per heavy atom. The van der Waals surface area contributed by atoms with Gasteiger partial charge in [-0.15, -0.1) is 0 Å². The van der Waals surface area contributed by atoms with Gasteiger partial charge in [-0.05, 0) is 24.3 Å². The molecule has 2 heterocycles. The van der Waals surface area contributed by atoms with E-state index in [-0.39, 0.29) is 0 Å². The summed E-state index contributed by atoms with van der Waals surface area (Å²) in [7, 11) is 0. The van der Waals surface area contributed by atoms with E-state index in [9.17, 15) is 4.79 Å². The van der Waals surface area contributed by atoms with Crippen molar-refractivity contribution in [2.24, 2.45) is 0 Å². The van der Waals surface area contributed by atoms with Crippen LogP contribution in [0.1, 0.15) is 0 Å². The predicted molar refractivity (Wildman–Crippen MR) is 82.3 cm³/mol. The van der Waals surface area contributed by atoms with Gasteiger partial charge in [-0.2, -0.15) is 0 Å². The molecule has 2 saturated heterocycles. The van der Waals surface area contributed by atoms with Crippen molar-refractivity contribution in [3.63, 3.8) is 0 Å². The zero-order valence-corrected chi connectivity index (χ0v) is 12.6. The maximum atomic E-state index is 10.9. The summed E-state index contributed by atoms with van der Waals surface area (Å²) in [5.41, 5.74) is 0.982. The van der Waals surface area contributed by atoms with Crippen molar-refractivity contribution in [2.45, 2.75) is 6.23 Å². The molecule has 0 N–H and O–H groups in total. The molecule has 2 aliphatic rings. The molecular weight excluding hydrogens is 284 g/mol. The number of morpholine rings is 1. The summed E-state index contributed by atoms with van der Waals surface area (Å²) in [4.78, 5) is 15.2. The molecule has 2 aliphatic heterocycles. The number of hydrogen-bond donors (Lipinski definition) is 0.